The molecule has 7 N–H and O–H groups in total. The molecule has 0 aliphatic heterocycles. The van der Waals surface area contributed by atoms with E-state index in [1.165, 1.54) is 24.3 Å². The summed E-state index contributed by atoms with van der Waals surface area (Å²) in [5.41, 5.74) is 9.27. The molecule has 12 heteroatoms. The van der Waals surface area contributed by atoms with E-state index in [4.69, 9.17) is 11.1 Å². The van der Waals surface area contributed by atoms with Gasteiger partial charge in [-0.25, -0.2) is 17.9 Å². The Balaban J connectivity index is 1.50. The zero-order chi connectivity index (χ0) is 35.2. The molecule has 2 atom stereocenters. The first-order valence-corrected chi connectivity index (χ1v) is 17.6. The van der Waals surface area contributed by atoms with Crippen molar-refractivity contribution in [1.82, 2.24) is 15.4 Å². The van der Waals surface area contributed by atoms with Crippen molar-refractivity contribution in [3.8, 4) is 0 Å². The van der Waals surface area contributed by atoms with Crippen LogP contribution in [-0.4, -0.2) is 49.2 Å². The number of rotatable bonds is 18. The number of hydrogen-bond acceptors (Lipinski definition) is 6. The van der Waals surface area contributed by atoms with Gasteiger partial charge >= 0.3 is 5.97 Å². The van der Waals surface area contributed by atoms with Crippen molar-refractivity contribution in [1.29, 1.82) is 5.41 Å². The van der Waals surface area contributed by atoms with E-state index >= 15 is 0 Å². The van der Waals surface area contributed by atoms with Gasteiger partial charge in [0.2, 0.25) is 21.8 Å². The van der Waals surface area contributed by atoms with E-state index in [1.54, 1.807) is 24.3 Å². The summed E-state index contributed by atoms with van der Waals surface area (Å²) in [5, 5.41) is 22.4. The molecule has 2 unspecified atom stereocenters. The SMILES string of the molecule is N=C(N)c1ccc(CNC(=O)C(CCc2ccccc2)NC(=O)C(CCCc2ccccc2)NS(=O)(=O)Cc2ccc(C(=O)O)cc2)cc1. The summed E-state index contributed by atoms with van der Waals surface area (Å²) < 4.78 is 29.2. The van der Waals surface area contributed by atoms with Crippen LogP contribution in [0.5, 0.6) is 0 Å². The minimum atomic E-state index is -4.06. The van der Waals surface area contributed by atoms with E-state index in [9.17, 15) is 27.9 Å². The monoisotopic (exact) mass is 683 g/mol. The van der Waals surface area contributed by atoms with Crippen molar-refractivity contribution >= 4 is 33.6 Å². The van der Waals surface area contributed by atoms with Gasteiger partial charge in [0.05, 0.1) is 11.3 Å². The summed E-state index contributed by atoms with van der Waals surface area (Å²) in [6.07, 6.45) is 2.04. The minimum absolute atomic E-state index is 0.0279. The largest absolute Gasteiger partial charge is 0.478 e. The molecule has 4 aromatic carbocycles. The molecule has 0 aliphatic rings. The number of amidine groups is 1. The number of nitrogen functional groups attached to an aromatic ring is 1. The second-order valence-corrected chi connectivity index (χ2v) is 13.5. The van der Waals surface area contributed by atoms with Gasteiger partial charge in [-0.1, -0.05) is 97.1 Å². The number of benzene rings is 4. The Hall–Kier alpha value is -5.33. The molecule has 0 saturated heterocycles. The Morgan fingerprint density at radius 3 is 1.80 bits per heavy atom. The van der Waals surface area contributed by atoms with Gasteiger partial charge in [0.1, 0.15) is 17.9 Å². The number of carboxylic acid groups (broad SMARTS) is 1. The lowest BCUT2D eigenvalue weighted by atomic mass is 10.0. The summed E-state index contributed by atoms with van der Waals surface area (Å²) in [6, 6.07) is 29.4. The molecule has 2 amide bonds. The van der Waals surface area contributed by atoms with Crippen molar-refractivity contribution in [2.75, 3.05) is 0 Å². The first kappa shape index (κ1) is 36.5. The van der Waals surface area contributed by atoms with Crippen LogP contribution in [0.4, 0.5) is 0 Å². The number of carbonyl (C=O) groups is 3. The van der Waals surface area contributed by atoms with E-state index in [1.807, 2.05) is 60.7 Å². The number of nitrogens with one attached hydrogen (secondary N) is 4. The highest BCUT2D eigenvalue weighted by Gasteiger charge is 2.29. The third kappa shape index (κ3) is 12.0. The zero-order valence-corrected chi connectivity index (χ0v) is 27.8. The molecule has 0 bridgehead atoms. The first-order valence-electron chi connectivity index (χ1n) is 15.9. The summed E-state index contributed by atoms with van der Waals surface area (Å²) in [4.78, 5) is 38.6. The van der Waals surface area contributed by atoms with Gasteiger partial charge in [-0.05, 0) is 66.5 Å². The molecule has 0 spiro atoms. The molecule has 0 radical (unpaired) electrons. The van der Waals surface area contributed by atoms with Crippen molar-refractivity contribution in [3.05, 3.63) is 143 Å². The van der Waals surface area contributed by atoms with Gasteiger partial charge in [0.15, 0.2) is 0 Å². The van der Waals surface area contributed by atoms with E-state index in [2.05, 4.69) is 15.4 Å². The highest BCUT2D eigenvalue weighted by molar-refractivity contribution is 7.88. The fourth-order valence-corrected chi connectivity index (χ4v) is 6.60. The van der Waals surface area contributed by atoms with Crippen LogP contribution in [0.15, 0.2) is 109 Å². The van der Waals surface area contributed by atoms with E-state index in [0.717, 1.165) is 16.7 Å². The standard InChI is InChI=1S/C37H41N5O6S/c38-34(39)30-19-14-28(15-20-30)24-40-35(43)32(23-18-27-10-5-2-6-11-27)41-36(44)33(13-7-12-26-8-3-1-4-9-26)42-49(47,48)25-29-16-21-31(22-17-29)37(45)46/h1-6,8-11,14-17,19-22,32-33,42H,7,12-13,18,23-25H2,(H3,38,39)(H,40,43)(H,41,44)(H,45,46). The fourth-order valence-electron chi connectivity index (χ4n) is 5.23. The molecule has 4 rings (SSSR count). The quantitative estimate of drug-likeness (QED) is 0.0676. The Bertz CT molecular complexity index is 1820. The van der Waals surface area contributed by atoms with Crippen LogP contribution in [0.2, 0.25) is 0 Å². The molecular formula is C37H41N5O6S. The number of nitrogens with two attached hydrogens (primary N) is 1. The third-order valence-corrected chi connectivity index (χ3v) is 9.28. The highest BCUT2D eigenvalue weighted by Crippen LogP contribution is 2.13. The normalized spacial score (nSPS) is 12.4. The van der Waals surface area contributed by atoms with E-state index in [-0.39, 0.29) is 30.8 Å². The van der Waals surface area contributed by atoms with Crippen LogP contribution in [0.3, 0.4) is 0 Å². The van der Waals surface area contributed by atoms with Gasteiger partial charge in [-0.3, -0.25) is 15.0 Å². The molecular weight excluding hydrogens is 643 g/mol. The Labute approximate surface area is 286 Å². The summed E-state index contributed by atoms with van der Waals surface area (Å²) in [6.45, 7) is 0.169. The molecule has 0 saturated carbocycles. The van der Waals surface area contributed by atoms with Crippen LogP contribution < -0.4 is 21.1 Å². The Morgan fingerprint density at radius 2 is 1.22 bits per heavy atom. The van der Waals surface area contributed by atoms with Crippen LogP contribution >= 0.6 is 0 Å². The molecule has 0 aliphatic carbocycles. The number of sulfonamides is 1. The smallest absolute Gasteiger partial charge is 0.335 e. The molecule has 256 valence electrons. The lowest BCUT2D eigenvalue weighted by molar-refractivity contribution is -0.130. The second-order valence-electron chi connectivity index (χ2n) is 11.7. The van der Waals surface area contributed by atoms with Crippen LogP contribution in [0.1, 0.15) is 57.4 Å². The molecule has 0 heterocycles. The maximum atomic E-state index is 13.8. The van der Waals surface area contributed by atoms with Crippen molar-refractivity contribution < 1.29 is 27.9 Å². The average molecular weight is 684 g/mol. The second kappa shape index (κ2) is 17.7. The van der Waals surface area contributed by atoms with Crippen molar-refractivity contribution in [2.24, 2.45) is 5.73 Å². The predicted octanol–water partition coefficient (Wildman–Crippen LogP) is 3.91. The van der Waals surface area contributed by atoms with Gasteiger partial charge in [-0.2, -0.15) is 0 Å². The lowest BCUT2D eigenvalue weighted by Gasteiger charge is -2.23. The number of amides is 2. The highest BCUT2D eigenvalue weighted by atomic mass is 32.2. The maximum Gasteiger partial charge on any atom is 0.335 e. The predicted molar refractivity (Wildman–Crippen MR) is 188 cm³/mol. The molecule has 11 nitrogen and oxygen atoms in total. The van der Waals surface area contributed by atoms with Gasteiger partial charge < -0.3 is 21.5 Å². The molecule has 49 heavy (non-hydrogen) atoms. The minimum Gasteiger partial charge on any atom is -0.478 e. The summed E-state index contributed by atoms with van der Waals surface area (Å²) in [5.74, 6) is -2.71. The Kier molecular flexibility index (Phi) is 13.2. The number of hydrogen-bond donors (Lipinski definition) is 6. The van der Waals surface area contributed by atoms with Gasteiger partial charge in [-0.15, -0.1) is 0 Å². The lowest BCUT2D eigenvalue weighted by Crippen LogP contribution is -2.53. The van der Waals surface area contributed by atoms with Gasteiger partial charge in [0, 0.05) is 12.1 Å². The van der Waals surface area contributed by atoms with E-state index in [0.29, 0.717) is 30.4 Å². The molecule has 0 fully saturated rings. The average Bonchev–Trinajstić information content (AvgIpc) is 3.09. The van der Waals surface area contributed by atoms with Gasteiger partial charge in [0.25, 0.3) is 0 Å². The number of aryl methyl sites for hydroxylation is 2. The Morgan fingerprint density at radius 1 is 0.673 bits per heavy atom. The molecule has 4 aromatic rings. The summed E-state index contributed by atoms with van der Waals surface area (Å²) >= 11 is 0. The third-order valence-electron chi connectivity index (χ3n) is 7.93. The van der Waals surface area contributed by atoms with Crippen LogP contribution in [0, 0.1) is 5.41 Å². The topological polar surface area (TPSA) is 192 Å². The number of aromatic carboxylic acids is 1. The van der Waals surface area contributed by atoms with E-state index < -0.39 is 45.6 Å². The van der Waals surface area contributed by atoms with Crippen molar-refractivity contribution in [2.45, 2.75) is 56.5 Å². The maximum absolute atomic E-state index is 13.8. The number of carboxylic acids is 1. The van der Waals surface area contributed by atoms with Crippen LogP contribution in [-0.2, 0) is 44.8 Å². The fraction of sp³-hybridized carbons (Fsp3) is 0.243. The summed E-state index contributed by atoms with van der Waals surface area (Å²) in [7, 11) is -4.06. The molecule has 0 aromatic heterocycles. The van der Waals surface area contributed by atoms with Crippen molar-refractivity contribution in [3.63, 3.8) is 0 Å². The first-order chi connectivity index (χ1) is 23.5. The zero-order valence-electron chi connectivity index (χ0n) is 27.0. The number of carbonyl (C=O) groups excluding carboxylic acids is 2. The van der Waals surface area contributed by atoms with Crippen LogP contribution in [0.25, 0.3) is 0 Å².